The van der Waals surface area contributed by atoms with Crippen LogP contribution in [0.3, 0.4) is 0 Å². The van der Waals surface area contributed by atoms with Crippen molar-refractivity contribution in [2.75, 3.05) is 13.1 Å². The molecule has 3 unspecified atom stereocenters. The fourth-order valence-corrected chi connectivity index (χ4v) is 4.27. The number of nitrogens with two attached hydrogens (primary N) is 1. The molecule has 1 aromatic rings. The number of hydrogen-bond acceptors (Lipinski definition) is 4. The van der Waals surface area contributed by atoms with Crippen LogP contribution in [-0.4, -0.2) is 29.0 Å². The van der Waals surface area contributed by atoms with Crippen LogP contribution in [0.15, 0.2) is 6.20 Å². The largest absolute Gasteiger partial charge is 0.327 e. The standard InChI is InChI=1S/C13H21N3S/c1-9-15-5-11(17-9)7-16-6-10-3-2-4-13(14)12(10)8-16/h5,10,12-13H,2-4,6-8,14H2,1H3. The molecule has 0 spiro atoms. The van der Waals surface area contributed by atoms with Crippen molar-refractivity contribution < 1.29 is 0 Å². The minimum atomic E-state index is 0.446. The second kappa shape index (κ2) is 4.67. The predicted molar refractivity (Wildman–Crippen MR) is 70.9 cm³/mol. The molecule has 1 saturated heterocycles. The van der Waals surface area contributed by atoms with Gasteiger partial charge >= 0.3 is 0 Å². The first-order valence-electron chi connectivity index (χ1n) is 6.61. The Morgan fingerprint density at radius 1 is 1.47 bits per heavy atom. The summed E-state index contributed by atoms with van der Waals surface area (Å²) in [6, 6.07) is 0.446. The molecule has 1 saturated carbocycles. The van der Waals surface area contributed by atoms with E-state index in [2.05, 4.69) is 16.8 Å². The second-order valence-electron chi connectivity index (χ2n) is 5.56. The van der Waals surface area contributed by atoms with Crippen molar-refractivity contribution in [1.29, 1.82) is 0 Å². The highest BCUT2D eigenvalue weighted by molar-refractivity contribution is 7.11. The summed E-state index contributed by atoms with van der Waals surface area (Å²) in [7, 11) is 0. The molecule has 4 heteroatoms. The molecule has 3 nitrogen and oxygen atoms in total. The van der Waals surface area contributed by atoms with Gasteiger partial charge in [-0.3, -0.25) is 4.90 Å². The van der Waals surface area contributed by atoms with Gasteiger partial charge in [0.25, 0.3) is 0 Å². The first kappa shape index (κ1) is 11.6. The monoisotopic (exact) mass is 251 g/mol. The zero-order chi connectivity index (χ0) is 11.8. The zero-order valence-corrected chi connectivity index (χ0v) is 11.2. The van der Waals surface area contributed by atoms with Gasteiger partial charge in [0.15, 0.2) is 0 Å². The van der Waals surface area contributed by atoms with Gasteiger partial charge in [0.2, 0.25) is 0 Å². The molecule has 3 atom stereocenters. The van der Waals surface area contributed by atoms with Crippen molar-refractivity contribution in [3.8, 4) is 0 Å². The summed E-state index contributed by atoms with van der Waals surface area (Å²) >= 11 is 1.82. The number of aryl methyl sites for hydroxylation is 1. The first-order valence-corrected chi connectivity index (χ1v) is 7.43. The number of rotatable bonds is 2. The van der Waals surface area contributed by atoms with Crippen LogP contribution in [0.1, 0.15) is 29.1 Å². The Morgan fingerprint density at radius 2 is 2.35 bits per heavy atom. The van der Waals surface area contributed by atoms with Gasteiger partial charge in [0.1, 0.15) is 0 Å². The Kier molecular flexibility index (Phi) is 3.19. The normalized spacial score (nSPS) is 33.9. The average Bonchev–Trinajstić information content (AvgIpc) is 2.86. The summed E-state index contributed by atoms with van der Waals surface area (Å²) in [5.74, 6) is 1.60. The van der Waals surface area contributed by atoms with E-state index in [0.717, 1.165) is 18.4 Å². The molecule has 1 aromatic heterocycles. The van der Waals surface area contributed by atoms with E-state index < -0.39 is 0 Å². The molecule has 2 fully saturated rings. The molecule has 0 aromatic carbocycles. The molecule has 2 aliphatic rings. The minimum absolute atomic E-state index is 0.446. The molecule has 17 heavy (non-hydrogen) atoms. The third kappa shape index (κ3) is 2.39. The minimum Gasteiger partial charge on any atom is -0.327 e. The van der Waals surface area contributed by atoms with E-state index >= 15 is 0 Å². The third-order valence-electron chi connectivity index (χ3n) is 4.28. The van der Waals surface area contributed by atoms with Crippen LogP contribution in [0.25, 0.3) is 0 Å². The lowest BCUT2D eigenvalue weighted by Gasteiger charge is -2.29. The molecule has 2 heterocycles. The maximum absolute atomic E-state index is 6.24. The summed E-state index contributed by atoms with van der Waals surface area (Å²) < 4.78 is 0. The molecule has 2 N–H and O–H groups in total. The Labute approximate surface area is 107 Å². The topological polar surface area (TPSA) is 42.2 Å². The number of hydrogen-bond donors (Lipinski definition) is 1. The van der Waals surface area contributed by atoms with Crippen molar-refractivity contribution in [1.82, 2.24) is 9.88 Å². The Bertz CT molecular complexity index is 390. The van der Waals surface area contributed by atoms with Crippen molar-refractivity contribution in [2.45, 2.75) is 38.8 Å². The highest BCUT2D eigenvalue weighted by Crippen LogP contribution is 2.36. The summed E-state index contributed by atoms with van der Waals surface area (Å²) in [5.41, 5.74) is 6.24. The van der Waals surface area contributed by atoms with Crippen LogP contribution in [0, 0.1) is 18.8 Å². The zero-order valence-electron chi connectivity index (χ0n) is 10.4. The van der Waals surface area contributed by atoms with Crippen LogP contribution < -0.4 is 5.73 Å². The van der Waals surface area contributed by atoms with Crippen molar-refractivity contribution >= 4 is 11.3 Å². The summed E-state index contributed by atoms with van der Waals surface area (Å²) in [6.45, 7) is 5.59. The highest BCUT2D eigenvalue weighted by Gasteiger charge is 2.38. The van der Waals surface area contributed by atoms with E-state index in [9.17, 15) is 0 Å². The Balaban J connectivity index is 1.63. The second-order valence-corrected chi connectivity index (χ2v) is 6.88. The fourth-order valence-electron chi connectivity index (χ4n) is 3.44. The molecular formula is C13H21N3S. The molecule has 1 aliphatic heterocycles. The van der Waals surface area contributed by atoms with Crippen LogP contribution in [-0.2, 0) is 6.54 Å². The van der Waals surface area contributed by atoms with E-state index in [1.165, 1.54) is 42.2 Å². The van der Waals surface area contributed by atoms with Crippen molar-refractivity contribution in [3.63, 3.8) is 0 Å². The molecular weight excluding hydrogens is 230 g/mol. The summed E-state index contributed by atoms with van der Waals surface area (Å²) in [6.07, 6.45) is 5.98. The Hall–Kier alpha value is -0.450. The van der Waals surface area contributed by atoms with Crippen LogP contribution in [0.4, 0.5) is 0 Å². The van der Waals surface area contributed by atoms with Gasteiger partial charge in [-0.2, -0.15) is 0 Å². The van der Waals surface area contributed by atoms with Crippen molar-refractivity contribution in [2.24, 2.45) is 17.6 Å². The van der Waals surface area contributed by atoms with E-state index in [-0.39, 0.29) is 0 Å². The molecule has 0 amide bonds. The molecule has 94 valence electrons. The van der Waals surface area contributed by atoms with Gasteiger partial charge in [-0.05, 0) is 31.6 Å². The third-order valence-corrected chi connectivity index (χ3v) is 5.18. The molecule has 0 bridgehead atoms. The number of nitrogens with zero attached hydrogens (tertiary/aromatic N) is 2. The van der Waals surface area contributed by atoms with Gasteiger partial charge < -0.3 is 5.73 Å². The van der Waals surface area contributed by atoms with Gasteiger partial charge in [0, 0.05) is 36.8 Å². The Morgan fingerprint density at radius 3 is 3.06 bits per heavy atom. The van der Waals surface area contributed by atoms with Gasteiger partial charge in [-0.1, -0.05) is 6.42 Å². The van der Waals surface area contributed by atoms with Crippen LogP contribution in [0.2, 0.25) is 0 Å². The molecule has 1 aliphatic carbocycles. The average molecular weight is 251 g/mol. The number of thiazole rings is 1. The molecule has 0 radical (unpaired) electrons. The SMILES string of the molecule is Cc1ncc(CN2CC3CCCC(N)C3C2)s1. The van der Waals surface area contributed by atoms with E-state index in [1.807, 2.05) is 17.5 Å². The highest BCUT2D eigenvalue weighted by atomic mass is 32.1. The summed E-state index contributed by atoms with van der Waals surface area (Å²) in [4.78, 5) is 8.31. The quantitative estimate of drug-likeness (QED) is 0.874. The van der Waals surface area contributed by atoms with Gasteiger partial charge in [0.05, 0.1) is 5.01 Å². The van der Waals surface area contributed by atoms with E-state index in [1.54, 1.807) is 0 Å². The van der Waals surface area contributed by atoms with Crippen molar-refractivity contribution in [3.05, 3.63) is 16.1 Å². The number of aromatic nitrogens is 1. The smallest absolute Gasteiger partial charge is 0.0897 e. The fraction of sp³-hybridized carbons (Fsp3) is 0.769. The number of likely N-dealkylation sites (tertiary alicyclic amines) is 1. The van der Waals surface area contributed by atoms with Gasteiger partial charge in [-0.15, -0.1) is 11.3 Å². The first-order chi connectivity index (χ1) is 8.22. The van der Waals surface area contributed by atoms with E-state index in [0.29, 0.717) is 6.04 Å². The lowest BCUT2D eigenvalue weighted by molar-refractivity contribution is 0.259. The van der Waals surface area contributed by atoms with Gasteiger partial charge in [-0.25, -0.2) is 4.98 Å². The molecule has 3 rings (SSSR count). The van der Waals surface area contributed by atoms with Crippen LogP contribution in [0.5, 0.6) is 0 Å². The maximum atomic E-state index is 6.24. The maximum Gasteiger partial charge on any atom is 0.0897 e. The van der Waals surface area contributed by atoms with Crippen LogP contribution >= 0.6 is 11.3 Å². The summed E-state index contributed by atoms with van der Waals surface area (Å²) in [5, 5.41) is 1.17. The van der Waals surface area contributed by atoms with E-state index in [4.69, 9.17) is 5.73 Å². The lowest BCUT2D eigenvalue weighted by Crippen LogP contribution is -2.38. The number of fused-ring (bicyclic) bond motifs is 1. The lowest BCUT2D eigenvalue weighted by atomic mass is 9.78. The predicted octanol–water partition coefficient (Wildman–Crippen LogP) is 2.01.